The van der Waals surface area contributed by atoms with Crippen LogP contribution in [-0.4, -0.2) is 54.6 Å². The number of aromatic amines is 1. The molecule has 2 atom stereocenters. The van der Waals surface area contributed by atoms with E-state index in [1.165, 1.54) is 0 Å². The summed E-state index contributed by atoms with van der Waals surface area (Å²) >= 11 is 0. The molecular weight excluding hydrogens is 378 g/mol. The number of carbonyl (C=O) groups is 2. The van der Waals surface area contributed by atoms with Gasteiger partial charge in [0.05, 0.1) is 30.5 Å². The maximum absolute atomic E-state index is 13.4. The van der Waals surface area contributed by atoms with Gasteiger partial charge in [-0.25, -0.2) is 4.98 Å². The molecule has 3 aromatic heterocycles. The molecule has 150 valence electrons. The highest BCUT2D eigenvalue weighted by molar-refractivity contribution is 6.06. The van der Waals surface area contributed by atoms with Gasteiger partial charge in [0, 0.05) is 41.8 Å². The fourth-order valence-corrected chi connectivity index (χ4v) is 5.09. The number of benzene rings is 1. The van der Waals surface area contributed by atoms with Gasteiger partial charge >= 0.3 is 0 Å². The van der Waals surface area contributed by atoms with Crippen molar-refractivity contribution in [1.29, 1.82) is 0 Å². The summed E-state index contributed by atoms with van der Waals surface area (Å²) in [6.07, 6.45) is 6.85. The molecule has 2 saturated heterocycles. The Labute approximate surface area is 172 Å². The lowest BCUT2D eigenvalue weighted by atomic mass is 10.1. The Morgan fingerprint density at radius 1 is 1.13 bits per heavy atom. The molecule has 7 nitrogen and oxygen atoms in total. The molecule has 5 heterocycles. The molecule has 2 aliphatic heterocycles. The number of hydrogen-bond acceptors (Lipinski definition) is 3. The first kappa shape index (κ1) is 17.3. The molecule has 7 heteroatoms. The summed E-state index contributed by atoms with van der Waals surface area (Å²) in [5, 5.41) is 0.929. The number of nitrogens with zero attached hydrogens (tertiary/aromatic N) is 4. The second-order valence-electron chi connectivity index (χ2n) is 8.07. The van der Waals surface area contributed by atoms with E-state index in [1.54, 1.807) is 0 Å². The number of carbonyl (C=O) groups excluding carboxylic acids is 2. The predicted octanol–water partition coefficient (Wildman–Crippen LogP) is 2.83. The van der Waals surface area contributed by atoms with Gasteiger partial charge in [0.2, 0.25) is 5.91 Å². The van der Waals surface area contributed by atoms with E-state index in [9.17, 15) is 9.59 Å². The number of nitrogens with one attached hydrogen (secondary N) is 1. The number of H-pyrrole nitrogens is 1. The van der Waals surface area contributed by atoms with Gasteiger partial charge in [-0.3, -0.25) is 9.59 Å². The second-order valence-corrected chi connectivity index (χ2v) is 8.07. The molecule has 0 saturated carbocycles. The standard InChI is InChI=1S/C23H21N5O2/c29-22-12-20-19(28(22)14-15-13-25-21-6-1-2-10-26(15)21)8-11-27(20)23(30)17-4-3-5-18-16(17)7-9-24-18/h1-7,9-10,13,19-20,24H,8,11-12,14H2/t19-,20-/m0/s1. The summed E-state index contributed by atoms with van der Waals surface area (Å²) in [5.74, 6) is 0.116. The van der Waals surface area contributed by atoms with Crippen LogP contribution in [0.15, 0.2) is 61.1 Å². The van der Waals surface area contributed by atoms with Gasteiger partial charge < -0.3 is 19.2 Å². The summed E-state index contributed by atoms with van der Waals surface area (Å²) < 4.78 is 2.02. The van der Waals surface area contributed by atoms with Gasteiger partial charge in [-0.05, 0) is 36.8 Å². The fraction of sp³-hybridized carbons (Fsp3) is 0.261. The molecule has 30 heavy (non-hydrogen) atoms. The van der Waals surface area contributed by atoms with E-state index in [-0.39, 0.29) is 23.9 Å². The van der Waals surface area contributed by atoms with Gasteiger partial charge in [-0.15, -0.1) is 0 Å². The third-order valence-electron chi connectivity index (χ3n) is 6.53. The van der Waals surface area contributed by atoms with Crippen molar-refractivity contribution in [1.82, 2.24) is 24.2 Å². The molecule has 0 radical (unpaired) electrons. The number of likely N-dealkylation sites (tertiary alicyclic amines) is 2. The van der Waals surface area contributed by atoms with E-state index in [0.717, 1.165) is 28.7 Å². The molecule has 2 fully saturated rings. The highest BCUT2D eigenvalue weighted by Crippen LogP contribution is 2.35. The van der Waals surface area contributed by atoms with Crippen molar-refractivity contribution in [2.45, 2.75) is 31.5 Å². The largest absolute Gasteiger partial charge is 0.361 e. The number of imidazole rings is 1. The Morgan fingerprint density at radius 3 is 3.00 bits per heavy atom. The van der Waals surface area contributed by atoms with Crippen molar-refractivity contribution >= 4 is 28.4 Å². The monoisotopic (exact) mass is 399 g/mol. The quantitative estimate of drug-likeness (QED) is 0.576. The minimum absolute atomic E-state index is 0.0113. The van der Waals surface area contributed by atoms with Crippen molar-refractivity contribution in [2.75, 3.05) is 6.54 Å². The van der Waals surface area contributed by atoms with Crippen LogP contribution in [0, 0.1) is 0 Å². The van der Waals surface area contributed by atoms with E-state index in [2.05, 4.69) is 9.97 Å². The zero-order valence-electron chi connectivity index (χ0n) is 16.4. The highest BCUT2D eigenvalue weighted by Gasteiger charge is 2.48. The third kappa shape index (κ3) is 2.48. The van der Waals surface area contributed by atoms with Crippen LogP contribution in [0.3, 0.4) is 0 Å². The minimum Gasteiger partial charge on any atom is -0.361 e. The average Bonchev–Trinajstić information content (AvgIpc) is 3.53. The zero-order valence-corrected chi connectivity index (χ0v) is 16.4. The summed E-state index contributed by atoms with van der Waals surface area (Å²) in [6.45, 7) is 1.19. The average molecular weight is 399 g/mol. The first-order chi connectivity index (χ1) is 14.7. The Kier molecular flexibility index (Phi) is 3.71. The van der Waals surface area contributed by atoms with Crippen LogP contribution in [0.4, 0.5) is 0 Å². The molecule has 1 N–H and O–H groups in total. The van der Waals surface area contributed by atoms with E-state index in [1.807, 2.05) is 75.3 Å². The van der Waals surface area contributed by atoms with E-state index in [4.69, 9.17) is 0 Å². The van der Waals surface area contributed by atoms with Gasteiger partial charge in [0.15, 0.2) is 0 Å². The topological polar surface area (TPSA) is 73.7 Å². The lowest BCUT2D eigenvalue weighted by Gasteiger charge is -2.25. The molecule has 0 spiro atoms. The maximum atomic E-state index is 13.4. The molecule has 0 bridgehead atoms. The van der Waals surface area contributed by atoms with Crippen LogP contribution in [0.1, 0.15) is 28.9 Å². The molecule has 0 unspecified atom stereocenters. The smallest absolute Gasteiger partial charge is 0.254 e. The van der Waals surface area contributed by atoms with Crippen LogP contribution < -0.4 is 0 Å². The summed E-state index contributed by atoms with van der Waals surface area (Å²) in [6, 6.07) is 13.5. The lowest BCUT2D eigenvalue weighted by Crippen LogP contribution is -2.39. The number of aromatic nitrogens is 3. The molecule has 0 aliphatic carbocycles. The molecule has 4 aromatic rings. The summed E-state index contributed by atoms with van der Waals surface area (Å²) in [7, 11) is 0. The van der Waals surface area contributed by atoms with Crippen molar-refractivity contribution in [3.05, 3.63) is 72.3 Å². The van der Waals surface area contributed by atoms with Gasteiger partial charge in [0.1, 0.15) is 5.65 Å². The summed E-state index contributed by atoms with van der Waals surface area (Å²) in [4.78, 5) is 37.7. The van der Waals surface area contributed by atoms with Crippen molar-refractivity contribution in [3.8, 4) is 0 Å². The normalized spacial score (nSPS) is 21.1. The lowest BCUT2D eigenvalue weighted by molar-refractivity contribution is -0.129. The number of hydrogen-bond donors (Lipinski definition) is 1. The zero-order chi connectivity index (χ0) is 20.2. The number of pyridine rings is 1. The van der Waals surface area contributed by atoms with E-state index >= 15 is 0 Å². The first-order valence-electron chi connectivity index (χ1n) is 10.3. The third-order valence-corrected chi connectivity index (χ3v) is 6.53. The number of amides is 2. The second kappa shape index (κ2) is 6.45. The molecule has 1 aromatic carbocycles. The molecule has 6 rings (SSSR count). The van der Waals surface area contributed by atoms with Gasteiger partial charge in [-0.1, -0.05) is 12.1 Å². The fourth-order valence-electron chi connectivity index (χ4n) is 5.09. The molecule has 2 aliphatic rings. The Morgan fingerprint density at radius 2 is 2.07 bits per heavy atom. The Bertz CT molecular complexity index is 1290. The van der Waals surface area contributed by atoms with Crippen molar-refractivity contribution in [3.63, 3.8) is 0 Å². The number of fused-ring (bicyclic) bond motifs is 3. The molecule has 2 amide bonds. The Hall–Kier alpha value is -3.61. The highest BCUT2D eigenvalue weighted by atomic mass is 16.2. The van der Waals surface area contributed by atoms with Crippen LogP contribution in [-0.2, 0) is 11.3 Å². The van der Waals surface area contributed by atoms with Crippen LogP contribution in [0.5, 0.6) is 0 Å². The Balaban J connectivity index is 1.27. The maximum Gasteiger partial charge on any atom is 0.254 e. The first-order valence-corrected chi connectivity index (χ1v) is 10.3. The SMILES string of the molecule is O=C1C[C@H]2[C@H](CCN2C(=O)c2cccc3[nH]ccc23)N1Cc1cnc2ccccn12. The van der Waals surface area contributed by atoms with Crippen LogP contribution in [0.2, 0.25) is 0 Å². The van der Waals surface area contributed by atoms with Crippen LogP contribution >= 0.6 is 0 Å². The predicted molar refractivity (Wildman–Crippen MR) is 112 cm³/mol. The molecular formula is C23H21N5O2. The van der Waals surface area contributed by atoms with Crippen molar-refractivity contribution < 1.29 is 9.59 Å². The van der Waals surface area contributed by atoms with Gasteiger partial charge in [0.25, 0.3) is 5.91 Å². The summed E-state index contributed by atoms with van der Waals surface area (Å²) in [5.41, 5.74) is 3.51. The number of rotatable bonds is 3. The van der Waals surface area contributed by atoms with Crippen LogP contribution in [0.25, 0.3) is 16.6 Å². The van der Waals surface area contributed by atoms with Crippen molar-refractivity contribution in [2.24, 2.45) is 0 Å². The van der Waals surface area contributed by atoms with E-state index in [0.29, 0.717) is 25.1 Å². The van der Waals surface area contributed by atoms with E-state index < -0.39 is 0 Å². The minimum atomic E-state index is -0.0709. The van der Waals surface area contributed by atoms with Gasteiger partial charge in [-0.2, -0.15) is 0 Å².